The van der Waals surface area contributed by atoms with Crippen molar-refractivity contribution in [1.82, 2.24) is 5.32 Å². The van der Waals surface area contributed by atoms with Gasteiger partial charge in [0.05, 0.1) is 0 Å². The average Bonchev–Trinajstić information content (AvgIpc) is 2.14. The Morgan fingerprint density at radius 1 is 1.43 bits per heavy atom. The van der Waals surface area contributed by atoms with Crippen molar-refractivity contribution in [3.63, 3.8) is 0 Å². The van der Waals surface area contributed by atoms with Gasteiger partial charge in [0.25, 0.3) is 0 Å². The summed E-state index contributed by atoms with van der Waals surface area (Å²) in [4.78, 5) is 0. The molecule has 3 N–H and O–H groups in total. The molecule has 0 aliphatic heterocycles. The molecule has 0 aromatic carbocycles. The lowest BCUT2D eigenvalue weighted by molar-refractivity contribution is 0.286. The van der Waals surface area contributed by atoms with Crippen molar-refractivity contribution in [2.45, 2.75) is 57.9 Å². The van der Waals surface area contributed by atoms with Gasteiger partial charge in [0.15, 0.2) is 0 Å². The fraction of sp³-hybridized carbons (Fsp3) is 1.00. The van der Waals surface area contributed by atoms with Gasteiger partial charge >= 0.3 is 0 Å². The number of nitrogens with two attached hydrogens (primary N) is 1. The molecule has 1 saturated carbocycles. The van der Waals surface area contributed by atoms with E-state index in [1.54, 1.807) is 0 Å². The van der Waals surface area contributed by atoms with Crippen molar-refractivity contribution in [1.29, 1.82) is 0 Å². The largest absolute Gasteiger partial charge is 0.329 e. The van der Waals surface area contributed by atoms with Gasteiger partial charge in [-0.1, -0.05) is 39.0 Å². The maximum atomic E-state index is 5.71. The Balaban J connectivity index is 1.95. The summed E-state index contributed by atoms with van der Waals surface area (Å²) >= 11 is 0. The van der Waals surface area contributed by atoms with Crippen LogP contribution in [0.4, 0.5) is 0 Å². The Hall–Kier alpha value is -0.0800. The molecule has 1 fully saturated rings. The second kappa shape index (κ2) is 7.24. The van der Waals surface area contributed by atoms with E-state index in [1.165, 1.54) is 51.5 Å². The van der Waals surface area contributed by atoms with Crippen molar-refractivity contribution < 1.29 is 0 Å². The second-order valence-corrected chi connectivity index (χ2v) is 4.61. The third kappa shape index (κ3) is 4.43. The average molecular weight is 198 g/mol. The predicted molar refractivity (Wildman–Crippen MR) is 62.3 cm³/mol. The molecule has 84 valence electrons. The zero-order valence-corrected chi connectivity index (χ0v) is 9.60. The van der Waals surface area contributed by atoms with Gasteiger partial charge in [-0.3, -0.25) is 0 Å². The highest BCUT2D eigenvalue weighted by Gasteiger charge is 2.16. The monoisotopic (exact) mass is 198 g/mol. The minimum atomic E-state index is 0.565. The fourth-order valence-corrected chi connectivity index (χ4v) is 2.03. The van der Waals surface area contributed by atoms with Gasteiger partial charge in [-0.25, -0.2) is 0 Å². The predicted octanol–water partition coefficient (Wildman–Crippen LogP) is 2.28. The molecule has 0 saturated heterocycles. The third-order valence-electron chi connectivity index (χ3n) is 3.40. The number of rotatable bonds is 8. The lowest BCUT2D eigenvalue weighted by Gasteiger charge is -2.26. The van der Waals surface area contributed by atoms with Crippen molar-refractivity contribution in [3.05, 3.63) is 0 Å². The quantitative estimate of drug-likeness (QED) is 0.628. The van der Waals surface area contributed by atoms with Crippen molar-refractivity contribution in [3.8, 4) is 0 Å². The minimum absolute atomic E-state index is 0.565. The summed E-state index contributed by atoms with van der Waals surface area (Å²) in [7, 11) is 0. The highest BCUT2D eigenvalue weighted by Crippen LogP contribution is 2.28. The van der Waals surface area contributed by atoms with Crippen LogP contribution >= 0.6 is 0 Å². The van der Waals surface area contributed by atoms with E-state index in [1.807, 2.05) is 0 Å². The van der Waals surface area contributed by atoms with Crippen LogP contribution in [0.25, 0.3) is 0 Å². The first-order valence-electron chi connectivity index (χ1n) is 6.30. The number of unbranched alkanes of at least 4 members (excludes halogenated alkanes) is 1. The van der Waals surface area contributed by atoms with E-state index >= 15 is 0 Å². The molecule has 0 radical (unpaired) electrons. The Kier molecular flexibility index (Phi) is 6.20. The van der Waals surface area contributed by atoms with Crippen LogP contribution in [-0.2, 0) is 0 Å². The van der Waals surface area contributed by atoms with Crippen molar-refractivity contribution >= 4 is 0 Å². The van der Waals surface area contributed by atoms with Crippen LogP contribution < -0.4 is 11.1 Å². The van der Waals surface area contributed by atoms with Gasteiger partial charge in [0.1, 0.15) is 0 Å². The first-order chi connectivity index (χ1) is 6.86. The SMILES string of the molecule is CCCCC(CN)NCCC1CCC1. The molecule has 1 unspecified atom stereocenters. The summed E-state index contributed by atoms with van der Waals surface area (Å²) in [5, 5.41) is 3.58. The van der Waals surface area contributed by atoms with Crippen molar-refractivity contribution in [2.24, 2.45) is 11.7 Å². The maximum absolute atomic E-state index is 5.71. The molecule has 0 spiro atoms. The van der Waals surface area contributed by atoms with E-state index < -0.39 is 0 Å². The van der Waals surface area contributed by atoms with Gasteiger partial charge in [-0.2, -0.15) is 0 Å². The van der Waals surface area contributed by atoms with Crippen LogP contribution in [0.1, 0.15) is 51.9 Å². The van der Waals surface area contributed by atoms with E-state index in [4.69, 9.17) is 5.73 Å². The van der Waals surface area contributed by atoms with E-state index in [9.17, 15) is 0 Å². The zero-order valence-electron chi connectivity index (χ0n) is 9.60. The summed E-state index contributed by atoms with van der Waals surface area (Å²) in [5.41, 5.74) is 5.71. The van der Waals surface area contributed by atoms with Crippen LogP contribution in [0, 0.1) is 5.92 Å². The standard InChI is InChI=1S/C12H26N2/c1-2-3-7-12(10-13)14-9-8-11-5-4-6-11/h11-12,14H,2-10,13H2,1H3. The molecular weight excluding hydrogens is 172 g/mol. The summed E-state index contributed by atoms with van der Waals surface area (Å²) in [6.07, 6.45) is 9.58. The van der Waals surface area contributed by atoms with E-state index in [0.29, 0.717) is 6.04 Å². The maximum Gasteiger partial charge on any atom is 0.0190 e. The molecule has 0 heterocycles. The Labute approximate surface area is 88.6 Å². The number of nitrogens with one attached hydrogen (secondary N) is 1. The smallest absolute Gasteiger partial charge is 0.0190 e. The third-order valence-corrected chi connectivity index (χ3v) is 3.40. The molecule has 0 amide bonds. The second-order valence-electron chi connectivity index (χ2n) is 4.61. The molecule has 0 aromatic rings. The van der Waals surface area contributed by atoms with Gasteiger partial charge in [0, 0.05) is 12.6 Å². The summed E-state index contributed by atoms with van der Waals surface area (Å²) in [6, 6.07) is 0.565. The van der Waals surface area contributed by atoms with Gasteiger partial charge in [-0.05, 0) is 25.3 Å². The highest BCUT2D eigenvalue weighted by molar-refractivity contribution is 4.73. The number of hydrogen-bond acceptors (Lipinski definition) is 2. The first kappa shape index (κ1) is 12.0. The molecule has 2 heteroatoms. The summed E-state index contributed by atoms with van der Waals surface area (Å²) in [6.45, 7) is 4.21. The van der Waals surface area contributed by atoms with E-state index in [-0.39, 0.29) is 0 Å². The number of hydrogen-bond donors (Lipinski definition) is 2. The molecule has 1 aliphatic carbocycles. The Morgan fingerprint density at radius 2 is 2.21 bits per heavy atom. The Bertz CT molecular complexity index is 132. The highest BCUT2D eigenvalue weighted by atomic mass is 14.9. The van der Waals surface area contributed by atoms with Crippen LogP contribution in [0.15, 0.2) is 0 Å². The van der Waals surface area contributed by atoms with Crippen LogP contribution in [0.5, 0.6) is 0 Å². The van der Waals surface area contributed by atoms with Gasteiger partial charge in [-0.15, -0.1) is 0 Å². The summed E-state index contributed by atoms with van der Waals surface area (Å²) in [5.74, 6) is 1.02. The van der Waals surface area contributed by atoms with Crippen LogP contribution in [0.2, 0.25) is 0 Å². The molecule has 1 rings (SSSR count). The fourth-order valence-electron chi connectivity index (χ4n) is 2.03. The molecule has 14 heavy (non-hydrogen) atoms. The lowest BCUT2D eigenvalue weighted by atomic mass is 9.83. The van der Waals surface area contributed by atoms with Crippen molar-refractivity contribution in [2.75, 3.05) is 13.1 Å². The lowest BCUT2D eigenvalue weighted by Crippen LogP contribution is -2.37. The van der Waals surface area contributed by atoms with Crippen LogP contribution in [-0.4, -0.2) is 19.1 Å². The first-order valence-corrected chi connectivity index (χ1v) is 6.30. The molecule has 1 atom stereocenters. The summed E-state index contributed by atoms with van der Waals surface area (Å²) < 4.78 is 0. The van der Waals surface area contributed by atoms with E-state index in [0.717, 1.165) is 12.5 Å². The molecule has 0 bridgehead atoms. The molecule has 0 aromatic heterocycles. The normalized spacial score (nSPS) is 19.3. The molecule has 2 nitrogen and oxygen atoms in total. The van der Waals surface area contributed by atoms with Crippen LogP contribution in [0.3, 0.4) is 0 Å². The zero-order chi connectivity index (χ0) is 10.2. The van der Waals surface area contributed by atoms with E-state index in [2.05, 4.69) is 12.2 Å². The van der Waals surface area contributed by atoms with Gasteiger partial charge < -0.3 is 11.1 Å². The Morgan fingerprint density at radius 3 is 2.71 bits per heavy atom. The minimum Gasteiger partial charge on any atom is -0.329 e. The molecular formula is C12H26N2. The molecule has 1 aliphatic rings. The van der Waals surface area contributed by atoms with Gasteiger partial charge in [0.2, 0.25) is 0 Å². The topological polar surface area (TPSA) is 38.0 Å².